The van der Waals surface area contributed by atoms with Crippen LogP contribution in [0.5, 0.6) is 5.75 Å². The lowest BCUT2D eigenvalue weighted by molar-refractivity contribution is 0.0831. The van der Waals surface area contributed by atoms with Crippen LogP contribution in [0.4, 0.5) is 11.6 Å². The van der Waals surface area contributed by atoms with Gasteiger partial charge in [-0.2, -0.15) is 4.98 Å². The Morgan fingerprint density at radius 1 is 1.18 bits per heavy atom. The molecule has 196 valence electrons. The van der Waals surface area contributed by atoms with E-state index < -0.39 is 17.4 Å². The molecule has 2 aromatic carbocycles. The number of fused-ring (bicyclic) bond motifs is 2. The summed E-state index contributed by atoms with van der Waals surface area (Å²) in [6, 6.07) is 13.3. The van der Waals surface area contributed by atoms with E-state index in [1.54, 1.807) is 16.7 Å². The molecule has 10 nitrogen and oxygen atoms in total. The third-order valence-electron chi connectivity index (χ3n) is 6.50. The summed E-state index contributed by atoms with van der Waals surface area (Å²) >= 11 is 0. The van der Waals surface area contributed by atoms with Crippen LogP contribution in [-0.4, -0.2) is 63.8 Å². The molecule has 1 aliphatic rings. The summed E-state index contributed by atoms with van der Waals surface area (Å²) in [7, 11) is 3.78. The smallest absolute Gasteiger partial charge is 0.254 e. The van der Waals surface area contributed by atoms with Crippen LogP contribution >= 0.6 is 0 Å². The summed E-state index contributed by atoms with van der Waals surface area (Å²) in [5, 5.41) is 13.3. The Bertz CT molecular complexity index is 1550. The second-order valence-corrected chi connectivity index (χ2v) is 9.72. The van der Waals surface area contributed by atoms with Gasteiger partial charge in [0.15, 0.2) is 5.65 Å². The molecule has 10 heteroatoms. The molecular weight excluding hydrogens is 484 g/mol. The van der Waals surface area contributed by atoms with Gasteiger partial charge in [0.1, 0.15) is 24.0 Å². The van der Waals surface area contributed by atoms with Crippen LogP contribution in [0.25, 0.3) is 16.7 Å². The van der Waals surface area contributed by atoms with Crippen molar-refractivity contribution >= 4 is 28.6 Å². The topological polar surface area (TPSA) is 136 Å². The molecule has 4 aromatic rings. The van der Waals surface area contributed by atoms with Crippen molar-refractivity contribution in [3.63, 3.8) is 0 Å². The molecule has 5 rings (SSSR count). The van der Waals surface area contributed by atoms with E-state index in [9.17, 15) is 14.7 Å². The molecule has 1 aliphatic carbocycles. The molecule has 0 bridgehead atoms. The van der Waals surface area contributed by atoms with E-state index in [-0.39, 0.29) is 23.5 Å². The van der Waals surface area contributed by atoms with E-state index in [1.165, 1.54) is 23.5 Å². The summed E-state index contributed by atoms with van der Waals surface area (Å²) in [5.41, 5.74) is 9.32. The number of likely N-dealkylation sites (N-methyl/N-ethyl adjacent to an activating group) is 1. The van der Waals surface area contributed by atoms with Crippen LogP contribution in [0, 0.1) is 0 Å². The molecule has 0 fully saturated rings. The number of carbonyl (C=O) groups is 1. The van der Waals surface area contributed by atoms with Gasteiger partial charge in [-0.25, -0.2) is 4.98 Å². The van der Waals surface area contributed by atoms with Crippen molar-refractivity contribution in [2.75, 3.05) is 32.6 Å². The number of nitrogens with one attached hydrogen (secondary N) is 1. The minimum atomic E-state index is -0.800. The highest BCUT2D eigenvalue weighted by Crippen LogP contribution is 2.26. The standard InChI is InChI=1S/C28H30N6O4/c1-33(2)14-21(35)16-38-22-10-7-19(8-11-22)31-28-30-13-23-25(36)24(26(29)37)15-34(27(23)32-28)20-9-6-17-4-3-5-18(17)12-20/h6-13,15,21,35H,3-5,14,16H2,1-2H3,(H2,29,37)(H,30,31,32). The second kappa shape index (κ2) is 10.6. The third kappa shape index (κ3) is 5.36. The molecule has 0 radical (unpaired) electrons. The number of pyridine rings is 1. The van der Waals surface area contributed by atoms with Gasteiger partial charge in [-0.3, -0.25) is 9.59 Å². The lowest BCUT2D eigenvalue weighted by atomic mass is 10.1. The van der Waals surface area contributed by atoms with Gasteiger partial charge in [-0.05, 0) is 80.9 Å². The first-order chi connectivity index (χ1) is 18.3. The predicted octanol–water partition coefficient (Wildman–Crippen LogP) is 2.41. The quantitative estimate of drug-likeness (QED) is 0.310. The second-order valence-electron chi connectivity index (χ2n) is 9.72. The average Bonchev–Trinajstić information content (AvgIpc) is 3.36. The number of aliphatic hydroxyl groups is 1. The van der Waals surface area contributed by atoms with Crippen LogP contribution in [0.3, 0.4) is 0 Å². The van der Waals surface area contributed by atoms with Crippen LogP contribution in [0.2, 0.25) is 0 Å². The molecule has 0 aliphatic heterocycles. The fraction of sp³-hybridized carbons (Fsp3) is 0.286. The number of amides is 1. The minimum Gasteiger partial charge on any atom is -0.491 e. The fourth-order valence-electron chi connectivity index (χ4n) is 4.68. The summed E-state index contributed by atoms with van der Waals surface area (Å²) < 4.78 is 7.38. The number of anilines is 2. The van der Waals surface area contributed by atoms with E-state index in [2.05, 4.69) is 27.4 Å². The lowest BCUT2D eigenvalue weighted by Crippen LogP contribution is -2.30. The molecular formula is C28H30N6O4. The first-order valence-electron chi connectivity index (χ1n) is 12.5. The van der Waals surface area contributed by atoms with Gasteiger partial charge in [-0.15, -0.1) is 0 Å². The Hall–Kier alpha value is -4.28. The lowest BCUT2D eigenvalue weighted by Gasteiger charge is -2.16. The maximum Gasteiger partial charge on any atom is 0.254 e. The number of nitrogens with zero attached hydrogens (tertiary/aromatic N) is 4. The Labute approximate surface area is 219 Å². The molecule has 1 amide bonds. The van der Waals surface area contributed by atoms with E-state index >= 15 is 0 Å². The molecule has 2 heterocycles. The van der Waals surface area contributed by atoms with Gasteiger partial charge in [-0.1, -0.05) is 6.07 Å². The Kier molecular flexibility index (Phi) is 7.08. The molecule has 0 spiro atoms. The van der Waals surface area contributed by atoms with E-state index in [0.29, 0.717) is 23.6 Å². The highest BCUT2D eigenvalue weighted by Gasteiger charge is 2.18. The van der Waals surface area contributed by atoms with E-state index in [1.807, 2.05) is 37.2 Å². The van der Waals surface area contributed by atoms with Gasteiger partial charge < -0.3 is 30.4 Å². The first kappa shape index (κ1) is 25.4. The molecule has 38 heavy (non-hydrogen) atoms. The largest absolute Gasteiger partial charge is 0.491 e. The van der Waals surface area contributed by atoms with Crippen molar-refractivity contribution in [1.29, 1.82) is 0 Å². The van der Waals surface area contributed by atoms with Crippen molar-refractivity contribution in [3.05, 3.63) is 81.8 Å². The van der Waals surface area contributed by atoms with Crippen molar-refractivity contribution < 1.29 is 14.6 Å². The summed E-state index contributed by atoms with van der Waals surface area (Å²) in [4.78, 5) is 35.8. The number of ether oxygens (including phenoxy) is 1. The Balaban J connectivity index is 1.44. The number of rotatable bonds is 9. The number of hydrogen-bond acceptors (Lipinski definition) is 8. The monoisotopic (exact) mass is 514 g/mol. The van der Waals surface area contributed by atoms with Crippen molar-refractivity contribution in [2.45, 2.75) is 25.4 Å². The molecule has 0 saturated carbocycles. The van der Waals surface area contributed by atoms with Gasteiger partial charge in [0.2, 0.25) is 11.4 Å². The number of aryl methyl sites for hydroxylation is 2. The van der Waals surface area contributed by atoms with E-state index in [4.69, 9.17) is 10.5 Å². The molecule has 4 N–H and O–H groups in total. The van der Waals surface area contributed by atoms with Gasteiger partial charge >= 0.3 is 0 Å². The molecule has 0 saturated heterocycles. The van der Waals surface area contributed by atoms with Crippen molar-refractivity contribution in [3.8, 4) is 11.4 Å². The Morgan fingerprint density at radius 3 is 2.68 bits per heavy atom. The zero-order valence-electron chi connectivity index (χ0n) is 21.3. The van der Waals surface area contributed by atoms with Gasteiger partial charge in [0, 0.05) is 30.3 Å². The molecule has 1 atom stereocenters. The number of aliphatic hydroxyl groups excluding tert-OH is 1. The average molecular weight is 515 g/mol. The van der Waals surface area contributed by atoms with Crippen LogP contribution in [0.15, 0.2) is 59.7 Å². The highest BCUT2D eigenvalue weighted by molar-refractivity contribution is 5.96. The molecule has 1 unspecified atom stereocenters. The predicted molar refractivity (Wildman–Crippen MR) is 145 cm³/mol. The zero-order valence-corrected chi connectivity index (χ0v) is 21.3. The number of hydrogen-bond donors (Lipinski definition) is 3. The Morgan fingerprint density at radius 2 is 1.95 bits per heavy atom. The van der Waals surface area contributed by atoms with Gasteiger partial charge in [0.25, 0.3) is 5.91 Å². The number of carbonyl (C=O) groups excluding carboxylic acids is 1. The van der Waals surface area contributed by atoms with Crippen molar-refractivity contribution in [1.82, 2.24) is 19.4 Å². The number of aromatic nitrogens is 3. The fourth-order valence-corrected chi connectivity index (χ4v) is 4.68. The number of benzene rings is 2. The summed E-state index contributed by atoms with van der Waals surface area (Å²) in [6.45, 7) is 0.697. The summed E-state index contributed by atoms with van der Waals surface area (Å²) in [5.74, 6) is 0.108. The number of primary amides is 1. The SMILES string of the molecule is CN(C)CC(O)COc1ccc(Nc2ncc3c(=O)c(C(N)=O)cn(-c4ccc5c(c4)CCC5)c3n2)cc1. The minimum absolute atomic E-state index is 0.117. The maximum atomic E-state index is 13.0. The normalized spacial score (nSPS) is 13.5. The molecule has 2 aromatic heterocycles. The maximum absolute atomic E-state index is 13.0. The zero-order chi connectivity index (χ0) is 26.8. The van der Waals surface area contributed by atoms with Crippen LogP contribution in [-0.2, 0) is 12.8 Å². The van der Waals surface area contributed by atoms with Gasteiger partial charge in [0.05, 0.1) is 5.39 Å². The van der Waals surface area contributed by atoms with Crippen molar-refractivity contribution in [2.24, 2.45) is 5.73 Å². The van der Waals surface area contributed by atoms with Crippen LogP contribution < -0.4 is 21.2 Å². The number of nitrogens with two attached hydrogens (primary N) is 1. The third-order valence-corrected chi connectivity index (χ3v) is 6.50. The van der Waals surface area contributed by atoms with Crippen LogP contribution in [0.1, 0.15) is 27.9 Å². The summed E-state index contributed by atoms with van der Waals surface area (Å²) in [6.07, 6.45) is 5.41. The highest BCUT2D eigenvalue weighted by atomic mass is 16.5. The van der Waals surface area contributed by atoms with E-state index in [0.717, 1.165) is 24.9 Å². The first-order valence-corrected chi connectivity index (χ1v) is 12.5.